The normalized spacial score (nSPS) is 10.1. The van der Waals surface area contributed by atoms with Gasteiger partial charge >= 0.3 is 5.97 Å². The van der Waals surface area contributed by atoms with E-state index in [9.17, 15) is 14.4 Å². The van der Waals surface area contributed by atoms with Crippen LogP contribution in [0.4, 0.5) is 11.4 Å². The molecule has 0 atom stereocenters. The molecule has 0 spiro atoms. The van der Waals surface area contributed by atoms with E-state index in [1.54, 1.807) is 0 Å². The molecule has 6 nitrogen and oxygen atoms in total. The summed E-state index contributed by atoms with van der Waals surface area (Å²) in [5.74, 6) is -0.956. The summed E-state index contributed by atoms with van der Waals surface area (Å²) in [6, 6.07) is 0. The third-order valence-electron chi connectivity index (χ3n) is 1.80. The van der Waals surface area contributed by atoms with Crippen LogP contribution < -0.4 is 21.5 Å². The molecule has 0 aliphatic heterocycles. The smallest absolute Gasteiger partial charge is 0.305 e. The van der Waals surface area contributed by atoms with Crippen LogP contribution in [0.3, 0.4) is 0 Å². The van der Waals surface area contributed by atoms with Crippen LogP contribution >= 0.6 is 0 Å². The number of hydrogen-bond acceptors (Lipinski definition) is 5. The highest BCUT2D eigenvalue weighted by atomic mass is 16.4. The van der Waals surface area contributed by atoms with Crippen LogP contribution in [0.5, 0.6) is 0 Å². The van der Waals surface area contributed by atoms with E-state index in [0.29, 0.717) is 0 Å². The fourth-order valence-electron chi connectivity index (χ4n) is 1.09. The summed E-state index contributed by atoms with van der Waals surface area (Å²) in [7, 11) is 1.53. The Morgan fingerprint density at radius 3 is 2.36 bits per heavy atom. The SMILES string of the molecule is CNc1c(NCCC(=O)O)c(=O)c1=O. The van der Waals surface area contributed by atoms with Gasteiger partial charge in [-0.3, -0.25) is 14.4 Å². The lowest BCUT2D eigenvalue weighted by atomic mass is 10.2. The first-order valence-electron chi connectivity index (χ1n) is 4.04. The van der Waals surface area contributed by atoms with E-state index in [1.807, 2.05) is 0 Å². The average Bonchev–Trinajstić information content (AvgIpc) is 2.15. The minimum atomic E-state index is -0.956. The lowest BCUT2D eigenvalue weighted by molar-refractivity contribution is -0.136. The lowest BCUT2D eigenvalue weighted by Crippen LogP contribution is -2.37. The molecule has 0 bridgehead atoms. The maximum absolute atomic E-state index is 10.9. The summed E-state index contributed by atoms with van der Waals surface area (Å²) in [5, 5.41) is 13.5. The van der Waals surface area contributed by atoms with Crippen molar-refractivity contribution in [2.75, 3.05) is 24.2 Å². The monoisotopic (exact) mass is 198 g/mol. The van der Waals surface area contributed by atoms with Gasteiger partial charge in [0.05, 0.1) is 6.42 Å². The molecule has 0 saturated heterocycles. The fourth-order valence-corrected chi connectivity index (χ4v) is 1.09. The van der Waals surface area contributed by atoms with Crippen molar-refractivity contribution < 1.29 is 9.90 Å². The van der Waals surface area contributed by atoms with Gasteiger partial charge in [0.1, 0.15) is 11.4 Å². The molecule has 0 unspecified atom stereocenters. The highest BCUT2D eigenvalue weighted by Gasteiger charge is 2.18. The second-order valence-corrected chi connectivity index (χ2v) is 2.73. The van der Waals surface area contributed by atoms with Crippen molar-refractivity contribution >= 4 is 17.3 Å². The minimum absolute atomic E-state index is 0.0953. The number of carboxylic acids is 1. The van der Waals surface area contributed by atoms with Gasteiger partial charge in [-0.15, -0.1) is 0 Å². The van der Waals surface area contributed by atoms with Crippen LogP contribution in [0.25, 0.3) is 0 Å². The van der Waals surface area contributed by atoms with Crippen LogP contribution in [0.2, 0.25) is 0 Å². The molecule has 6 heteroatoms. The number of anilines is 2. The van der Waals surface area contributed by atoms with Gasteiger partial charge < -0.3 is 15.7 Å². The third-order valence-corrected chi connectivity index (χ3v) is 1.80. The van der Waals surface area contributed by atoms with Crippen molar-refractivity contribution in [3.8, 4) is 0 Å². The lowest BCUT2D eigenvalue weighted by Gasteiger charge is -2.11. The third kappa shape index (κ3) is 1.73. The summed E-state index contributed by atoms with van der Waals surface area (Å²) in [6.07, 6.45) is -0.0953. The topological polar surface area (TPSA) is 95.5 Å². The first-order valence-corrected chi connectivity index (χ1v) is 4.04. The van der Waals surface area contributed by atoms with Gasteiger partial charge in [0.25, 0.3) is 10.9 Å². The zero-order chi connectivity index (χ0) is 10.7. The van der Waals surface area contributed by atoms with Crippen LogP contribution in [0, 0.1) is 0 Å². The summed E-state index contributed by atoms with van der Waals surface area (Å²) in [6.45, 7) is 0.134. The molecule has 1 aromatic rings. The van der Waals surface area contributed by atoms with Crippen molar-refractivity contribution in [2.45, 2.75) is 6.42 Å². The molecule has 0 heterocycles. The number of hydrogen-bond donors (Lipinski definition) is 3. The zero-order valence-corrected chi connectivity index (χ0v) is 7.59. The molecular weight excluding hydrogens is 188 g/mol. The maximum Gasteiger partial charge on any atom is 0.305 e. The molecule has 0 fully saturated rings. The summed E-state index contributed by atoms with van der Waals surface area (Å²) >= 11 is 0. The van der Waals surface area contributed by atoms with Crippen LogP contribution in [0.15, 0.2) is 9.59 Å². The molecule has 14 heavy (non-hydrogen) atoms. The number of carbonyl (C=O) groups is 1. The molecule has 0 amide bonds. The van der Waals surface area contributed by atoms with Crippen molar-refractivity contribution in [3.63, 3.8) is 0 Å². The largest absolute Gasteiger partial charge is 0.481 e. The molecular formula is C8H10N2O4. The number of nitrogens with one attached hydrogen (secondary N) is 2. The standard InChI is InChI=1S/C8H10N2O4/c1-9-5-6(8(14)7(5)13)10-3-2-4(11)12/h9-10H,2-3H2,1H3,(H,11,12). The predicted molar refractivity (Wildman–Crippen MR) is 51.6 cm³/mol. The molecule has 0 aliphatic carbocycles. The Labute approximate surface area is 79.2 Å². The molecule has 1 rings (SSSR count). The van der Waals surface area contributed by atoms with Gasteiger partial charge in [0.2, 0.25) is 0 Å². The summed E-state index contributed by atoms with van der Waals surface area (Å²) in [5.41, 5.74) is -0.760. The second-order valence-electron chi connectivity index (χ2n) is 2.73. The molecule has 3 N–H and O–H groups in total. The quantitative estimate of drug-likeness (QED) is 0.537. The average molecular weight is 198 g/mol. The summed E-state index contributed by atoms with van der Waals surface area (Å²) < 4.78 is 0. The van der Waals surface area contributed by atoms with Gasteiger partial charge in [0, 0.05) is 13.6 Å². The first-order chi connectivity index (χ1) is 6.57. The number of carboxylic acid groups (broad SMARTS) is 1. The highest BCUT2D eigenvalue weighted by molar-refractivity contribution is 5.74. The van der Waals surface area contributed by atoms with Gasteiger partial charge in [-0.05, 0) is 0 Å². The van der Waals surface area contributed by atoms with E-state index in [1.165, 1.54) is 7.05 Å². The molecule has 0 saturated carbocycles. The highest BCUT2D eigenvalue weighted by Crippen LogP contribution is 2.12. The van der Waals surface area contributed by atoms with Crippen molar-refractivity contribution in [1.29, 1.82) is 0 Å². The molecule has 76 valence electrons. The van der Waals surface area contributed by atoms with Crippen LogP contribution in [-0.2, 0) is 4.79 Å². The van der Waals surface area contributed by atoms with E-state index in [0.717, 1.165) is 0 Å². The van der Waals surface area contributed by atoms with Gasteiger partial charge in [0.15, 0.2) is 0 Å². The first kappa shape index (κ1) is 10.2. The zero-order valence-electron chi connectivity index (χ0n) is 7.59. The molecule has 1 aromatic carbocycles. The Kier molecular flexibility index (Phi) is 2.85. The molecule has 0 radical (unpaired) electrons. The van der Waals surface area contributed by atoms with Crippen LogP contribution in [-0.4, -0.2) is 24.7 Å². The number of rotatable bonds is 5. The van der Waals surface area contributed by atoms with E-state index in [2.05, 4.69) is 10.6 Å². The minimum Gasteiger partial charge on any atom is -0.481 e. The van der Waals surface area contributed by atoms with E-state index in [-0.39, 0.29) is 24.3 Å². The Hall–Kier alpha value is -1.85. The van der Waals surface area contributed by atoms with Crippen LogP contribution in [0.1, 0.15) is 6.42 Å². The number of aliphatic carboxylic acids is 1. The molecule has 0 aromatic heterocycles. The van der Waals surface area contributed by atoms with Gasteiger partial charge in [-0.1, -0.05) is 0 Å². The van der Waals surface area contributed by atoms with E-state index < -0.39 is 16.8 Å². The predicted octanol–water partition coefficient (Wildman–Crippen LogP) is -0.789. The van der Waals surface area contributed by atoms with Crippen molar-refractivity contribution in [2.24, 2.45) is 0 Å². The van der Waals surface area contributed by atoms with Crippen molar-refractivity contribution in [3.05, 3.63) is 20.4 Å². The van der Waals surface area contributed by atoms with Crippen molar-refractivity contribution in [1.82, 2.24) is 0 Å². The molecule has 0 aliphatic rings. The van der Waals surface area contributed by atoms with Gasteiger partial charge in [-0.2, -0.15) is 0 Å². The fraction of sp³-hybridized carbons (Fsp3) is 0.375. The Morgan fingerprint density at radius 1 is 1.29 bits per heavy atom. The van der Waals surface area contributed by atoms with E-state index >= 15 is 0 Å². The van der Waals surface area contributed by atoms with E-state index in [4.69, 9.17) is 5.11 Å². The van der Waals surface area contributed by atoms with Gasteiger partial charge in [-0.25, -0.2) is 0 Å². The summed E-state index contributed by atoms with van der Waals surface area (Å²) in [4.78, 5) is 32.0. The second kappa shape index (κ2) is 3.91. The Morgan fingerprint density at radius 2 is 1.86 bits per heavy atom. The Balaban J connectivity index is 2.60. The Bertz CT molecular complexity index is 417. The maximum atomic E-state index is 10.9.